The van der Waals surface area contributed by atoms with E-state index in [0.717, 1.165) is 0 Å². The fourth-order valence-electron chi connectivity index (χ4n) is 3.71. The molecule has 4 N–H and O–H groups in total. The van der Waals surface area contributed by atoms with E-state index in [1.165, 1.54) is 0 Å². The van der Waals surface area contributed by atoms with Crippen molar-refractivity contribution >= 4 is 29.7 Å². The Morgan fingerprint density at radius 3 is 1.21 bits per heavy atom. The zero-order chi connectivity index (χ0) is 25.8. The Labute approximate surface area is 198 Å². The lowest BCUT2D eigenvalue weighted by Gasteiger charge is -2.35. The van der Waals surface area contributed by atoms with Gasteiger partial charge in [0.05, 0.1) is 19.6 Å². The predicted molar refractivity (Wildman–Crippen MR) is 120 cm³/mol. The van der Waals surface area contributed by atoms with Crippen molar-refractivity contribution in [2.24, 2.45) is 5.92 Å². The average molecular weight is 489 g/mol. The van der Waals surface area contributed by atoms with Crippen molar-refractivity contribution in [1.82, 2.24) is 19.6 Å². The van der Waals surface area contributed by atoms with Gasteiger partial charge in [-0.15, -0.1) is 0 Å². The first-order chi connectivity index (χ1) is 15.9. The molecule has 1 atom stereocenters. The summed E-state index contributed by atoms with van der Waals surface area (Å²) in [5, 5.41) is 37.5. The average Bonchev–Trinajstić information content (AvgIpc) is 2.70. The minimum Gasteiger partial charge on any atom is -0.480 e. The molecule has 13 heteroatoms. The highest BCUT2D eigenvalue weighted by atomic mass is 16.4. The van der Waals surface area contributed by atoms with E-state index in [4.69, 9.17) is 0 Å². The Morgan fingerprint density at radius 1 is 0.618 bits per heavy atom. The van der Waals surface area contributed by atoms with Gasteiger partial charge in [-0.05, 0) is 0 Å². The van der Waals surface area contributed by atoms with Crippen molar-refractivity contribution in [3.8, 4) is 0 Å². The predicted octanol–water partition coefficient (Wildman–Crippen LogP) is -1.47. The molecule has 34 heavy (non-hydrogen) atoms. The van der Waals surface area contributed by atoms with E-state index in [-0.39, 0.29) is 90.1 Å². The van der Waals surface area contributed by atoms with Gasteiger partial charge < -0.3 is 20.4 Å². The summed E-state index contributed by atoms with van der Waals surface area (Å²) in [6, 6.07) is -1.13. The van der Waals surface area contributed by atoms with Crippen LogP contribution >= 0.6 is 0 Å². The largest absolute Gasteiger partial charge is 0.480 e. The maximum atomic E-state index is 12.3. The van der Waals surface area contributed by atoms with Gasteiger partial charge in [-0.25, -0.2) is 0 Å². The van der Waals surface area contributed by atoms with Crippen molar-refractivity contribution in [2.45, 2.75) is 26.3 Å². The molecule has 0 bridgehead atoms. The molecule has 0 aromatic carbocycles. The van der Waals surface area contributed by atoms with E-state index in [2.05, 4.69) is 0 Å². The Bertz CT molecular complexity index is 699. The van der Waals surface area contributed by atoms with E-state index in [9.17, 15) is 44.4 Å². The smallest absolute Gasteiger partial charge is 0.321 e. The number of carbonyl (C=O) groups excluding carboxylic acids is 1. The van der Waals surface area contributed by atoms with Crippen LogP contribution in [-0.2, 0) is 24.0 Å². The molecule has 1 aliphatic heterocycles. The molecule has 0 spiro atoms. The highest BCUT2D eigenvalue weighted by Gasteiger charge is 2.30. The van der Waals surface area contributed by atoms with Gasteiger partial charge in [-0.3, -0.25) is 43.6 Å². The number of Topliss-reactive ketones (excluding diaryl/α,β-unsaturated/α-hetero) is 1. The van der Waals surface area contributed by atoms with Gasteiger partial charge in [0.15, 0.2) is 0 Å². The van der Waals surface area contributed by atoms with Crippen LogP contribution in [0.1, 0.15) is 20.3 Å². The van der Waals surface area contributed by atoms with E-state index in [1.807, 2.05) is 0 Å². The number of rotatable bonds is 11. The summed E-state index contributed by atoms with van der Waals surface area (Å²) in [6.07, 6.45) is -0.211. The molecule has 0 aromatic heterocycles. The fourth-order valence-corrected chi connectivity index (χ4v) is 3.71. The number of carboxylic acid groups (broad SMARTS) is 4. The van der Waals surface area contributed by atoms with Crippen LogP contribution in [0.25, 0.3) is 0 Å². The van der Waals surface area contributed by atoms with Crippen molar-refractivity contribution in [1.29, 1.82) is 0 Å². The molecule has 1 heterocycles. The second-order valence-electron chi connectivity index (χ2n) is 8.72. The molecular weight excluding hydrogens is 452 g/mol. The van der Waals surface area contributed by atoms with Gasteiger partial charge in [0.25, 0.3) is 0 Å². The molecule has 0 aromatic rings. The highest BCUT2D eigenvalue weighted by molar-refractivity contribution is 5.86. The Balaban J connectivity index is 3.16. The van der Waals surface area contributed by atoms with Crippen LogP contribution in [0, 0.1) is 5.92 Å². The van der Waals surface area contributed by atoms with Crippen LogP contribution < -0.4 is 0 Å². The quantitative estimate of drug-likeness (QED) is 0.265. The van der Waals surface area contributed by atoms with Crippen molar-refractivity contribution in [3.05, 3.63) is 0 Å². The normalized spacial score (nSPS) is 19.1. The van der Waals surface area contributed by atoms with Crippen molar-refractivity contribution < 1.29 is 44.4 Å². The lowest BCUT2D eigenvalue weighted by molar-refractivity contribution is -0.146. The van der Waals surface area contributed by atoms with Gasteiger partial charge in [0, 0.05) is 64.7 Å². The Morgan fingerprint density at radius 2 is 0.941 bits per heavy atom. The first kappa shape index (κ1) is 29.4. The minimum absolute atomic E-state index is 0.148. The molecule has 0 radical (unpaired) electrons. The second-order valence-corrected chi connectivity index (χ2v) is 8.72. The monoisotopic (exact) mass is 488 g/mol. The third-order valence-corrected chi connectivity index (χ3v) is 5.71. The second kappa shape index (κ2) is 14.6. The van der Waals surface area contributed by atoms with E-state index in [0.29, 0.717) is 0 Å². The van der Waals surface area contributed by atoms with E-state index in [1.54, 1.807) is 33.4 Å². The molecule has 0 amide bonds. The molecule has 1 aliphatic rings. The zero-order valence-corrected chi connectivity index (χ0v) is 19.8. The standard InChI is InChI=1S/C21H36N4O9/c1-15(2)17(26)11-16(21(33)34)25-9-7-23(13-19(29)30)5-3-22(12-18(27)28)4-6-24(8-10-25)14-20(31)32/h15-16H,3-14H2,1-2H3,(H,27,28)(H,29,30)(H,31,32)(H,33,34). The van der Waals surface area contributed by atoms with Crippen LogP contribution in [0.2, 0.25) is 0 Å². The van der Waals surface area contributed by atoms with Gasteiger partial charge >= 0.3 is 23.9 Å². The highest BCUT2D eigenvalue weighted by Crippen LogP contribution is 2.12. The number of nitrogens with zero attached hydrogens (tertiary/aromatic N) is 4. The molecule has 1 saturated heterocycles. The maximum absolute atomic E-state index is 12.3. The van der Waals surface area contributed by atoms with Crippen LogP contribution in [0.15, 0.2) is 0 Å². The van der Waals surface area contributed by atoms with Crippen molar-refractivity contribution in [2.75, 3.05) is 72.0 Å². The molecule has 13 nitrogen and oxygen atoms in total. The number of carbonyl (C=O) groups is 5. The summed E-state index contributed by atoms with van der Waals surface area (Å²) in [7, 11) is 0. The maximum Gasteiger partial charge on any atom is 0.321 e. The Kier molecular flexibility index (Phi) is 12.6. The SMILES string of the molecule is CC(C)C(=O)CC(C(=O)O)N1CCN(CC(=O)O)CCN(CC(=O)O)CCN(CC(=O)O)CC1. The number of hydrogen-bond acceptors (Lipinski definition) is 9. The Hall–Kier alpha value is -2.61. The molecule has 1 unspecified atom stereocenters. The van der Waals surface area contributed by atoms with Gasteiger partial charge in [-0.2, -0.15) is 0 Å². The lowest BCUT2D eigenvalue weighted by Crippen LogP contribution is -2.52. The molecule has 1 fully saturated rings. The lowest BCUT2D eigenvalue weighted by atomic mass is 10.0. The van der Waals surface area contributed by atoms with E-state index < -0.39 is 29.9 Å². The van der Waals surface area contributed by atoms with Gasteiger partial charge in [0.1, 0.15) is 11.8 Å². The fraction of sp³-hybridized carbons (Fsp3) is 0.762. The summed E-state index contributed by atoms with van der Waals surface area (Å²) >= 11 is 0. The molecule has 0 aliphatic carbocycles. The summed E-state index contributed by atoms with van der Waals surface area (Å²) in [6.45, 7) is 4.11. The summed E-state index contributed by atoms with van der Waals surface area (Å²) < 4.78 is 0. The van der Waals surface area contributed by atoms with Gasteiger partial charge in [-0.1, -0.05) is 13.8 Å². The molecule has 0 saturated carbocycles. The third-order valence-electron chi connectivity index (χ3n) is 5.71. The summed E-state index contributed by atoms with van der Waals surface area (Å²) in [4.78, 5) is 64.6. The minimum atomic E-state index is -1.18. The van der Waals surface area contributed by atoms with Crippen LogP contribution in [-0.4, -0.2) is 148 Å². The number of hydrogen-bond donors (Lipinski definition) is 4. The van der Waals surface area contributed by atoms with Crippen LogP contribution in [0.4, 0.5) is 0 Å². The molecule has 194 valence electrons. The zero-order valence-electron chi connectivity index (χ0n) is 19.8. The topological polar surface area (TPSA) is 179 Å². The number of carboxylic acids is 4. The third kappa shape index (κ3) is 11.5. The van der Waals surface area contributed by atoms with Gasteiger partial charge in [0.2, 0.25) is 0 Å². The first-order valence-corrected chi connectivity index (χ1v) is 11.2. The summed E-state index contributed by atoms with van der Waals surface area (Å²) in [5.41, 5.74) is 0. The first-order valence-electron chi connectivity index (χ1n) is 11.2. The number of ketones is 1. The molecule has 1 rings (SSSR count). The van der Waals surface area contributed by atoms with Crippen LogP contribution in [0.5, 0.6) is 0 Å². The summed E-state index contributed by atoms with van der Waals surface area (Å²) in [5.74, 6) is -4.92. The molecular formula is C21H36N4O9. The number of aliphatic carboxylic acids is 4. The van der Waals surface area contributed by atoms with E-state index >= 15 is 0 Å². The van der Waals surface area contributed by atoms with Crippen molar-refractivity contribution in [3.63, 3.8) is 0 Å². The van der Waals surface area contributed by atoms with Crippen LogP contribution in [0.3, 0.4) is 0 Å².